The molecule has 0 bridgehead atoms. The molecule has 0 spiro atoms. The quantitative estimate of drug-likeness (QED) is 0.420. The highest BCUT2D eigenvalue weighted by atomic mass is 35.5. The summed E-state index contributed by atoms with van der Waals surface area (Å²) < 4.78 is 3.49. The number of aromatic nitrogens is 1. The monoisotopic (exact) mass is 348 g/mol. The molecule has 2 aromatic carbocycles. The summed E-state index contributed by atoms with van der Waals surface area (Å²) in [5, 5.41) is 4.14. The van der Waals surface area contributed by atoms with Crippen molar-refractivity contribution in [1.29, 1.82) is 0 Å². The van der Waals surface area contributed by atoms with Crippen LogP contribution in [0, 0.1) is 0 Å². The van der Waals surface area contributed by atoms with Crippen molar-refractivity contribution in [3.05, 3.63) is 88.0 Å². The van der Waals surface area contributed by atoms with Crippen LogP contribution in [0.3, 0.4) is 0 Å². The Bertz CT molecular complexity index is 1100. The number of rotatable bonds is 1. The van der Waals surface area contributed by atoms with E-state index in [2.05, 4.69) is 58.6 Å². The maximum absolute atomic E-state index is 6.22. The van der Waals surface area contributed by atoms with Crippen LogP contribution in [0.1, 0.15) is 16.8 Å². The van der Waals surface area contributed by atoms with Crippen LogP contribution < -0.4 is 0 Å². The first kappa shape index (κ1) is 14.0. The van der Waals surface area contributed by atoms with Gasteiger partial charge in [0.25, 0.3) is 0 Å². The molecule has 24 heavy (non-hydrogen) atoms. The van der Waals surface area contributed by atoms with E-state index in [0.717, 1.165) is 27.7 Å². The third-order valence-corrected chi connectivity index (χ3v) is 5.56. The maximum Gasteiger partial charge on any atom is 0.0891 e. The molecule has 2 aromatic heterocycles. The van der Waals surface area contributed by atoms with Gasteiger partial charge >= 0.3 is 0 Å². The summed E-state index contributed by atoms with van der Waals surface area (Å²) in [6.45, 7) is 0.658. The van der Waals surface area contributed by atoms with Gasteiger partial charge in [-0.3, -0.25) is 4.99 Å². The van der Waals surface area contributed by atoms with Crippen LogP contribution in [0.25, 0.3) is 15.8 Å². The Morgan fingerprint density at radius 2 is 2.00 bits per heavy atom. The lowest BCUT2D eigenvalue weighted by Crippen LogP contribution is -2.08. The smallest absolute Gasteiger partial charge is 0.0891 e. The molecule has 0 N–H and O–H groups in total. The fourth-order valence-electron chi connectivity index (χ4n) is 3.28. The zero-order chi connectivity index (χ0) is 16.1. The van der Waals surface area contributed by atoms with E-state index >= 15 is 0 Å². The van der Waals surface area contributed by atoms with Crippen LogP contribution in [-0.4, -0.2) is 10.3 Å². The molecule has 0 saturated heterocycles. The van der Waals surface area contributed by atoms with Gasteiger partial charge in [0.2, 0.25) is 0 Å². The standard InChI is InChI=1S/C20H13ClN2S/c21-16-5-3-15-12-22-20(17-2-1-8-23(17)18(15)11-16)14-4-6-19-13(10-14)7-9-24-19/h1-11H,12H2. The minimum absolute atomic E-state index is 0.658. The average Bonchev–Trinajstić information content (AvgIpc) is 3.22. The predicted molar refractivity (Wildman–Crippen MR) is 102 cm³/mol. The van der Waals surface area contributed by atoms with E-state index in [1.165, 1.54) is 15.6 Å². The molecule has 1 aliphatic rings. The van der Waals surface area contributed by atoms with Crippen molar-refractivity contribution < 1.29 is 0 Å². The summed E-state index contributed by atoms with van der Waals surface area (Å²) in [4.78, 5) is 4.93. The van der Waals surface area contributed by atoms with Crippen molar-refractivity contribution >= 4 is 38.7 Å². The van der Waals surface area contributed by atoms with Gasteiger partial charge in [-0.05, 0) is 58.8 Å². The van der Waals surface area contributed by atoms with Crippen LogP contribution in [-0.2, 0) is 6.54 Å². The van der Waals surface area contributed by atoms with Crippen molar-refractivity contribution in [2.45, 2.75) is 6.54 Å². The summed E-state index contributed by atoms with van der Waals surface area (Å²) in [7, 11) is 0. The van der Waals surface area contributed by atoms with Crippen molar-refractivity contribution in [2.24, 2.45) is 4.99 Å². The van der Waals surface area contributed by atoms with E-state index in [1.54, 1.807) is 11.3 Å². The maximum atomic E-state index is 6.22. The van der Waals surface area contributed by atoms with Crippen LogP contribution in [0.4, 0.5) is 0 Å². The molecule has 0 radical (unpaired) electrons. The van der Waals surface area contributed by atoms with Crippen LogP contribution >= 0.6 is 22.9 Å². The van der Waals surface area contributed by atoms with Crippen molar-refractivity contribution in [2.75, 3.05) is 0 Å². The topological polar surface area (TPSA) is 17.3 Å². The van der Waals surface area contributed by atoms with Gasteiger partial charge in [0.1, 0.15) is 0 Å². The van der Waals surface area contributed by atoms with Gasteiger partial charge in [-0.15, -0.1) is 11.3 Å². The molecule has 0 saturated carbocycles. The van der Waals surface area contributed by atoms with E-state index in [-0.39, 0.29) is 0 Å². The van der Waals surface area contributed by atoms with Crippen molar-refractivity contribution in [3.8, 4) is 5.69 Å². The summed E-state index contributed by atoms with van der Waals surface area (Å²) in [5.41, 5.74) is 5.58. The second-order valence-corrected chi connectivity index (χ2v) is 7.26. The van der Waals surface area contributed by atoms with E-state index in [1.807, 2.05) is 12.1 Å². The Hall–Kier alpha value is -2.36. The molecular formula is C20H13ClN2S. The fraction of sp³-hybridized carbons (Fsp3) is 0.0500. The SMILES string of the molecule is Clc1ccc2c(c1)-n1cccc1C(c1ccc3sccc3c1)=NC2. The first-order valence-corrected chi connectivity index (χ1v) is 9.04. The molecule has 0 aliphatic carbocycles. The largest absolute Gasteiger partial charge is 0.315 e. The highest BCUT2D eigenvalue weighted by Gasteiger charge is 2.18. The molecule has 4 heteroatoms. The van der Waals surface area contributed by atoms with Crippen molar-refractivity contribution in [1.82, 2.24) is 4.57 Å². The molecule has 0 atom stereocenters. The summed E-state index contributed by atoms with van der Waals surface area (Å²) in [6, 6.07) is 18.9. The van der Waals surface area contributed by atoms with Gasteiger partial charge in [-0.25, -0.2) is 0 Å². The number of aliphatic imine (C=N–C) groups is 1. The Labute approximate surface area is 148 Å². The molecular weight excluding hydrogens is 336 g/mol. The Morgan fingerprint density at radius 1 is 1.04 bits per heavy atom. The molecule has 5 rings (SSSR count). The number of halogens is 1. The highest BCUT2D eigenvalue weighted by Crippen LogP contribution is 2.29. The first-order valence-electron chi connectivity index (χ1n) is 7.78. The number of hydrogen-bond acceptors (Lipinski definition) is 2. The number of hydrogen-bond donors (Lipinski definition) is 0. The van der Waals surface area contributed by atoms with E-state index in [4.69, 9.17) is 16.6 Å². The molecule has 0 unspecified atom stereocenters. The highest BCUT2D eigenvalue weighted by molar-refractivity contribution is 7.17. The van der Waals surface area contributed by atoms with Gasteiger partial charge in [0.15, 0.2) is 0 Å². The van der Waals surface area contributed by atoms with Crippen LogP contribution in [0.2, 0.25) is 5.02 Å². The zero-order valence-electron chi connectivity index (χ0n) is 12.7. The lowest BCUT2D eigenvalue weighted by atomic mass is 10.1. The van der Waals surface area contributed by atoms with E-state index < -0.39 is 0 Å². The predicted octanol–water partition coefficient (Wildman–Crippen LogP) is 5.70. The third kappa shape index (κ3) is 2.13. The average molecular weight is 349 g/mol. The molecule has 4 aromatic rings. The first-order chi connectivity index (χ1) is 11.8. The summed E-state index contributed by atoms with van der Waals surface area (Å²) in [6.07, 6.45) is 2.08. The van der Waals surface area contributed by atoms with Gasteiger partial charge in [0.05, 0.1) is 23.6 Å². The van der Waals surface area contributed by atoms with Crippen LogP contribution in [0.5, 0.6) is 0 Å². The molecule has 2 nitrogen and oxygen atoms in total. The van der Waals surface area contributed by atoms with Gasteiger partial charge in [0, 0.05) is 21.5 Å². The van der Waals surface area contributed by atoms with E-state index in [0.29, 0.717) is 6.54 Å². The number of benzene rings is 2. The second-order valence-electron chi connectivity index (χ2n) is 5.87. The summed E-state index contributed by atoms with van der Waals surface area (Å²) in [5.74, 6) is 0. The lowest BCUT2D eigenvalue weighted by molar-refractivity contribution is 1.02. The number of fused-ring (bicyclic) bond motifs is 4. The van der Waals surface area contributed by atoms with Gasteiger partial charge < -0.3 is 4.57 Å². The Kier molecular flexibility index (Phi) is 3.12. The molecule has 3 heterocycles. The fourth-order valence-corrected chi connectivity index (χ4v) is 4.21. The Morgan fingerprint density at radius 3 is 2.96 bits per heavy atom. The molecule has 1 aliphatic heterocycles. The minimum atomic E-state index is 0.658. The molecule has 116 valence electrons. The zero-order valence-corrected chi connectivity index (χ0v) is 14.3. The minimum Gasteiger partial charge on any atom is -0.315 e. The van der Waals surface area contributed by atoms with E-state index in [9.17, 15) is 0 Å². The second kappa shape index (κ2) is 5.33. The van der Waals surface area contributed by atoms with Gasteiger partial charge in [-0.2, -0.15) is 0 Å². The number of thiophene rings is 1. The Balaban J connectivity index is 1.73. The van der Waals surface area contributed by atoms with Gasteiger partial charge in [-0.1, -0.05) is 23.7 Å². The van der Waals surface area contributed by atoms with Crippen LogP contribution in [0.15, 0.2) is 71.2 Å². The lowest BCUT2D eigenvalue weighted by Gasteiger charge is -2.11. The number of nitrogens with zero attached hydrogens (tertiary/aromatic N) is 2. The molecule has 0 fully saturated rings. The third-order valence-electron chi connectivity index (χ3n) is 4.43. The molecule has 0 amide bonds. The normalized spacial score (nSPS) is 13.3. The van der Waals surface area contributed by atoms with Crippen molar-refractivity contribution in [3.63, 3.8) is 0 Å². The summed E-state index contributed by atoms with van der Waals surface area (Å²) >= 11 is 7.99.